The Morgan fingerprint density at radius 1 is 1.30 bits per heavy atom. The third-order valence-electron chi connectivity index (χ3n) is 2.73. The second-order valence-electron chi connectivity index (χ2n) is 4.11. The number of hydrogen-bond acceptors (Lipinski definition) is 2. The minimum absolute atomic E-state index is 0.0344. The van der Waals surface area contributed by atoms with Gasteiger partial charge in [-0.1, -0.05) is 23.2 Å². The number of ether oxygens (including phenoxy) is 1. The molecule has 1 aromatic carbocycles. The van der Waals surface area contributed by atoms with Gasteiger partial charge in [0.1, 0.15) is 0 Å². The van der Waals surface area contributed by atoms with Crippen LogP contribution in [0.1, 0.15) is 5.69 Å². The first-order chi connectivity index (χ1) is 9.47. The lowest BCUT2D eigenvalue weighted by Crippen LogP contribution is -2.06. The molecule has 2 aromatic rings. The Morgan fingerprint density at radius 3 is 2.45 bits per heavy atom. The summed E-state index contributed by atoms with van der Waals surface area (Å²) < 4.78 is 30.6. The Morgan fingerprint density at radius 2 is 1.95 bits per heavy atom. The second-order valence-corrected chi connectivity index (χ2v) is 4.93. The molecule has 0 fully saturated rings. The lowest BCUT2D eigenvalue weighted by atomic mass is 10.3. The zero-order chi connectivity index (χ0) is 14.7. The van der Waals surface area contributed by atoms with Gasteiger partial charge in [-0.2, -0.15) is 8.78 Å². The number of nitrogens with one attached hydrogen (secondary N) is 1. The first kappa shape index (κ1) is 14.9. The molecule has 0 bridgehead atoms. The normalized spacial score (nSPS) is 10.9. The summed E-state index contributed by atoms with van der Waals surface area (Å²) in [6, 6.07) is 6.88. The van der Waals surface area contributed by atoms with Crippen LogP contribution in [0.5, 0.6) is 5.75 Å². The lowest BCUT2D eigenvalue weighted by Gasteiger charge is -2.12. The van der Waals surface area contributed by atoms with Crippen molar-refractivity contribution in [2.24, 2.45) is 7.05 Å². The van der Waals surface area contributed by atoms with Gasteiger partial charge >= 0.3 is 6.61 Å². The van der Waals surface area contributed by atoms with Crippen molar-refractivity contribution in [1.82, 2.24) is 4.57 Å². The largest absolute Gasteiger partial charge is 0.432 e. The minimum atomic E-state index is -2.97. The zero-order valence-corrected chi connectivity index (χ0v) is 12.1. The van der Waals surface area contributed by atoms with E-state index in [-0.39, 0.29) is 15.8 Å². The number of aromatic nitrogens is 1. The van der Waals surface area contributed by atoms with Gasteiger partial charge in [-0.25, -0.2) is 0 Å². The van der Waals surface area contributed by atoms with Crippen molar-refractivity contribution in [2.75, 3.05) is 5.32 Å². The molecule has 108 valence electrons. The molecule has 1 N–H and O–H groups in total. The van der Waals surface area contributed by atoms with Gasteiger partial charge in [-0.05, 0) is 24.3 Å². The van der Waals surface area contributed by atoms with E-state index in [9.17, 15) is 8.78 Å². The fraction of sp³-hybridized carbons (Fsp3) is 0.231. The molecule has 20 heavy (non-hydrogen) atoms. The van der Waals surface area contributed by atoms with Gasteiger partial charge in [0.25, 0.3) is 0 Å². The van der Waals surface area contributed by atoms with Gasteiger partial charge in [0, 0.05) is 24.6 Å². The molecule has 0 spiro atoms. The van der Waals surface area contributed by atoms with Crippen LogP contribution in [0.2, 0.25) is 10.0 Å². The van der Waals surface area contributed by atoms with Crippen molar-refractivity contribution in [3.05, 3.63) is 46.2 Å². The molecule has 0 saturated carbocycles. The van der Waals surface area contributed by atoms with Crippen LogP contribution in [0, 0.1) is 0 Å². The van der Waals surface area contributed by atoms with Crippen molar-refractivity contribution in [1.29, 1.82) is 0 Å². The first-order valence-electron chi connectivity index (χ1n) is 5.75. The number of anilines is 1. The molecule has 0 aliphatic rings. The highest BCUT2D eigenvalue weighted by Crippen LogP contribution is 2.37. The molecule has 0 aliphatic heterocycles. The van der Waals surface area contributed by atoms with Gasteiger partial charge in [-0.3, -0.25) is 0 Å². The Balaban J connectivity index is 2.12. The van der Waals surface area contributed by atoms with E-state index >= 15 is 0 Å². The number of halogens is 4. The number of hydrogen-bond donors (Lipinski definition) is 1. The summed E-state index contributed by atoms with van der Waals surface area (Å²) in [6.07, 6.45) is 1.93. The van der Waals surface area contributed by atoms with Gasteiger partial charge in [-0.15, -0.1) is 0 Å². The fourth-order valence-corrected chi connectivity index (χ4v) is 2.31. The van der Waals surface area contributed by atoms with Gasteiger partial charge < -0.3 is 14.6 Å². The Hall–Kier alpha value is -1.46. The van der Waals surface area contributed by atoms with E-state index in [1.807, 2.05) is 29.9 Å². The van der Waals surface area contributed by atoms with E-state index in [0.717, 1.165) is 5.69 Å². The van der Waals surface area contributed by atoms with Crippen LogP contribution in [0.15, 0.2) is 30.5 Å². The molecule has 0 atom stereocenters. The molecule has 3 nitrogen and oxygen atoms in total. The Bertz CT molecular complexity index is 579. The summed E-state index contributed by atoms with van der Waals surface area (Å²) in [5.41, 5.74) is 1.69. The second kappa shape index (κ2) is 6.33. The standard InChI is InChI=1S/C13H12Cl2F2N2O/c1-19-4-2-3-9(19)7-18-8-5-10(14)12(11(15)6-8)20-13(16)17/h2-6,13,18H,7H2,1H3. The van der Waals surface area contributed by atoms with Crippen molar-refractivity contribution in [2.45, 2.75) is 13.2 Å². The average Bonchev–Trinajstić information content (AvgIpc) is 2.77. The van der Waals surface area contributed by atoms with Gasteiger partial charge in [0.2, 0.25) is 0 Å². The topological polar surface area (TPSA) is 26.2 Å². The van der Waals surface area contributed by atoms with Gasteiger partial charge in [0.05, 0.1) is 16.6 Å². The van der Waals surface area contributed by atoms with Crippen LogP contribution >= 0.6 is 23.2 Å². The molecule has 7 heteroatoms. The highest BCUT2D eigenvalue weighted by atomic mass is 35.5. The number of aryl methyl sites for hydroxylation is 1. The lowest BCUT2D eigenvalue weighted by molar-refractivity contribution is -0.0497. The molecule has 2 rings (SSSR count). The summed E-state index contributed by atoms with van der Waals surface area (Å²) in [6.45, 7) is -2.40. The summed E-state index contributed by atoms with van der Waals surface area (Å²) in [4.78, 5) is 0. The van der Waals surface area contributed by atoms with Crippen molar-refractivity contribution in [3.63, 3.8) is 0 Å². The van der Waals surface area contributed by atoms with E-state index < -0.39 is 6.61 Å². The summed E-state index contributed by atoms with van der Waals surface area (Å²) in [7, 11) is 1.93. The Kier molecular flexibility index (Phi) is 4.73. The first-order valence-corrected chi connectivity index (χ1v) is 6.51. The molecule has 1 aromatic heterocycles. The van der Waals surface area contributed by atoms with Gasteiger partial charge in [0.15, 0.2) is 5.75 Å². The van der Waals surface area contributed by atoms with Crippen LogP contribution in [0.3, 0.4) is 0 Å². The molecule has 0 radical (unpaired) electrons. The number of benzene rings is 1. The van der Waals surface area contributed by atoms with Crippen molar-refractivity contribution in [3.8, 4) is 5.75 Å². The summed E-state index contributed by atoms with van der Waals surface area (Å²) in [5.74, 6) is -0.215. The maximum atomic E-state index is 12.2. The minimum Gasteiger partial charge on any atom is -0.432 e. The molecular formula is C13H12Cl2F2N2O. The van der Waals surface area contributed by atoms with Crippen LogP contribution in [-0.4, -0.2) is 11.2 Å². The quantitative estimate of drug-likeness (QED) is 0.875. The van der Waals surface area contributed by atoms with E-state index in [1.54, 1.807) is 0 Å². The SMILES string of the molecule is Cn1cccc1CNc1cc(Cl)c(OC(F)F)c(Cl)c1. The van der Waals surface area contributed by atoms with Crippen LogP contribution in [0.25, 0.3) is 0 Å². The van der Waals surface area contributed by atoms with Crippen molar-refractivity contribution < 1.29 is 13.5 Å². The molecule has 0 aliphatic carbocycles. The third kappa shape index (κ3) is 3.55. The summed E-state index contributed by atoms with van der Waals surface area (Å²) >= 11 is 11.8. The van der Waals surface area contributed by atoms with E-state index in [0.29, 0.717) is 12.2 Å². The van der Waals surface area contributed by atoms with E-state index in [2.05, 4.69) is 10.1 Å². The predicted molar refractivity (Wildman–Crippen MR) is 75.8 cm³/mol. The zero-order valence-electron chi connectivity index (χ0n) is 10.5. The number of rotatable bonds is 5. The summed E-state index contributed by atoms with van der Waals surface area (Å²) in [5, 5.41) is 3.19. The molecule has 0 saturated heterocycles. The monoisotopic (exact) mass is 320 g/mol. The van der Waals surface area contributed by atoms with Crippen LogP contribution in [-0.2, 0) is 13.6 Å². The maximum absolute atomic E-state index is 12.2. The molecule has 0 unspecified atom stereocenters. The van der Waals surface area contributed by atoms with Crippen molar-refractivity contribution >= 4 is 28.9 Å². The van der Waals surface area contributed by atoms with Crippen LogP contribution in [0.4, 0.5) is 14.5 Å². The molecule has 1 heterocycles. The fourth-order valence-electron chi connectivity index (χ4n) is 1.74. The molecule has 0 amide bonds. The number of nitrogens with zero attached hydrogens (tertiary/aromatic N) is 1. The number of alkyl halides is 2. The average molecular weight is 321 g/mol. The third-order valence-corrected chi connectivity index (χ3v) is 3.29. The predicted octanol–water partition coefficient (Wildman–Crippen LogP) is 4.55. The maximum Gasteiger partial charge on any atom is 0.387 e. The molecular weight excluding hydrogens is 309 g/mol. The van der Waals surface area contributed by atoms with Crippen LogP contribution < -0.4 is 10.1 Å². The van der Waals surface area contributed by atoms with E-state index in [4.69, 9.17) is 23.2 Å². The smallest absolute Gasteiger partial charge is 0.387 e. The van der Waals surface area contributed by atoms with E-state index in [1.165, 1.54) is 12.1 Å². The highest BCUT2D eigenvalue weighted by Gasteiger charge is 2.14. The highest BCUT2D eigenvalue weighted by molar-refractivity contribution is 6.37. The Labute approximate surface area is 125 Å².